The summed E-state index contributed by atoms with van der Waals surface area (Å²) in [5.74, 6) is -3.28. The van der Waals surface area contributed by atoms with Crippen molar-refractivity contribution in [1.82, 2.24) is 0 Å². The maximum absolute atomic E-state index is 15.0. The van der Waals surface area contributed by atoms with Crippen LogP contribution in [-0.4, -0.2) is 106 Å². The summed E-state index contributed by atoms with van der Waals surface area (Å²) in [6, 6.07) is 8.19. The number of hydrogen-bond acceptors (Lipinski definition) is 10. The minimum absolute atomic E-state index is 0.0437. The molecule has 1 aromatic carbocycles. The molecule has 3 aliphatic carbocycles. The summed E-state index contributed by atoms with van der Waals surface area (Å²) in [6.07, 6.45) is -5.22. The first kappa shape index (κ1) is 31.3. The van der Waals surface area contributed by atoms with Gasteiger partial charge in [-0.05, 0) is 37.1 Å². The fourth-order valence-corrected chi connectivity index (χ4v) is 7.94. The molecule has 3 N–H and O–H groups in total. The predicted octanol–water partition coefficient (Wildman–Crippen LogP) is 1.41. The summed E-state index contributed by atoms with van der Waals surface area (Å²) < 4.78 is 25.8. The van der Waals surface area contributed by atoms with Crippen LogP contribution in [0.1, 0.15) is 57.8 Å². The lowest BCUT2D eigenvalue weighted by molar-refractivity contribution is -0.468. The molecule has 1 aromatic rings. The van der Waals surface area contributed by atoms with Crippen molar-refractivity contribution in [2.24, 2.45) is 16.7 Å². The number of benzene rings is 1. The Kier molecular flexibility index (Phi) is 7.65. The molecule has 5 rings (SSSR count). The number of ketones is 1. The van der Waals surface area contributed by atoms with Gasteiger partial charge in [0, 0.05) is 25.2 Å². The number of carbonyl (C=O) groups excluding carboxylic acids is 3. The van der Waals surface area contributed by atoms with Crippen LogP contribution in [0.2, 0.25) is 0 Å². The molecule has 1 saturated heterocycles. The van der Waals surface area contributed by atoms with Gasteiger partial charge in [-0.3, -0.25) is 9.59 Å². The molecular formula is C32H42NO10+. The van der Waals surface area contributed by atoms with E-state index >= 15 is 0 Å². The van der Waals surface area contributed by atoms with E-state index in [1.165, 1.54) is 13.3 Å². The van der Waals surface area contributed by atoms with E-state index in [9.17, 15) is 29.7 Å². The Balaban J connectivity index is 1.83. The van der Waals surface area contributed by atoms with Crippen LogP contribution in [-0.2, 0) is 28.5 Å². The third-order valence-electron chi connectivity index (χ3n) is 10.3. The number of fused-ring (bicyclic) bond motifs is 5. The molecule has 0 unspecified atom stereocenters. The number of ether oxygens (including phenoxy) is 4. The van der Waals surface area contributed by atoms with Crippen LogP contribution in [0.4, 0.5) is 0 Å². The standard InChI is InChI=1S/C32H42NO10/c1-17-20(35)14-32(39)27(42-28(38)19-11-9-8-10-12-19)25-30(5,21(36)13-22-31(25,15-40-22)43-18(2)34)26(37)24(41-16-33(6)7)23(17)29(32,3)4/h8-12,16,20-22,24-25,27,35-36,39H,13-15H2,1-7H3/q+1/t20-,21-,22+,24+,25-,27-,30+,31-,32+/m0/s1. The van der Waals surface area contributed by atoms with Gasteiger partial charge in [0.2, 0.25) is 0 Å². The van der Waals surface area contributed by atoms with Gasteiger partial charge in [-0.15, -0.1) is 0 Å². The highest BCUT2D eigenvalue weighted by atomic mass is 16.6. The highest BCUT2D eigenvalue weighted by molar-refractivity contribution is 5.95. The zero-order chi connectivity index (χ0) is 31.7. The Morgan fingerprint density at radius 2 is 1.77 bits per heavy atom. The second-order valence-corrected chi connectivity index (χ2v) is 13.4. The molecule has 4 aliphatic rings. The highest BCUT2D eigenvalue weighted by Gasteiger charge is 2.78. The SMILES string of the molecule is CC(=O)O[C@@]12CO[C@@H]1C[C@H](O)[C@@]1(C)C(=O)[C@H](OC=[N+](C)C)C3=C(C)[C@@H](O)C[C@@](O)([C@@H](OC(=O)c4ccccc4)[C@H]21)C3(C)C. The number of hydrogen-bond donors (Lipinski definition) is 3. The van der Waals surface area contributed by atoms with Gasteiger partial charge in [0.05, 0.1) is 35.7 Å². The van der Waals surface area contributed by atoms with E-state index in [1.807, 2.05) is 0 Å². The summed E-state index contributed by atoms with van der Waals surface area (Å²) in [5.41, 5.74) is -5.67. The van der Waals surface area contributed by atoms with Gasteiger partial charge >= 0.3 is 18.3 Å². The van der Waals surface area contributed by atoms with Gasteiger partial charge in [0.15, 0.2) is 17.5 Å². The molecule has 0 spiro atoms. The summed E-state index contributed by atoms with van der Waals surface area (Å²) in [7, 11) is 3.44. The molecule has 11 heteroatoms. The topological polar surface area (TPSA) is 152 Å². The molecule has 0 aromatic heterocycles. The normalized spacial score (nSPS) is 39.6. The Hall–Kier alpha value is -3.12. The van der Waals surface area contributed by atoms with Crippen molar-refractivity contribution in [2.75, 3.05) is 20.7 Å². The summed E-state index contributed by atoms with van der Waals surface area (Å²) >= 11 is 0. The van der Waals surface area contributed by atoms with Gasteiger partial charge in [0.1, 0.15) is 31.9 Å². The number of rotatable bonds is 5. The first-order chi connectivity index (χ1) is 20.0. The van der Waals surface area contributed by atoms with Gasteiger partial charge in [-0.1, -0.05) is 32.0 Å². The fourth-order valence-electron chi connectivity index (χ4n) is 7.94. The minimum atomic E-state index is -2.03. The number of carbonyl (C=O) groups is 3. The zero-order valence-corrected chi connectivity index (χ0v) is 25.7. The monoisotopic (exact) mass is 600 g/mol. The van der Waals surface area contributed by atoms with Gasteiger partial charge in [0.25, 0.3) is 0 Å². The van der Waals surface area contributed by atoms with Gasteiger partial charge < -0.3 is 34.3 Å². The second kappa shape index (κ2) is 10.5. The number of aliphatic hydroxyl groups excluding tert-OH is 2. The molecule has 0 radical (unpaired) electrons. The van der Waals surface area contributed by atoms with E-state index in [0.29, 0.717) is 11.1 Å². The van der Waals surface area contributed by atoms with Crippen LogP contribution in [0.15, 0.2) is 41.5 Å². The number of Topliss-reactive ketones (excluding diaryl/α,β-unsaturated/α-hetero) is 1. The largest absolute Gasteiger partial charge is 0.455 e. The molecule has 234 valence electrons. The van der Waals surface area contributed by atoms with Crippen molar-refractivity contribution in [3.63, 3.8) is 0 Å². The fraction of sp³-hybridized carbons (Fsp3) is 0.625. The average Bonchev–Trinajstić information content (AvgIpc) is 2.93. The molecule has 43 heavy (non-hydrogen) atoms. The number of aliphatic hydroxyl groups is 3. The molecule has 9 atom stereocenters. The average molecular weight is 601 g/mol. The first-order valence-electron chi connectivity index (χ1n) is 14.6. The van der Waals surface area contributed by atoms with E-state index in [2.05, 4.69) is 0 Å². The lowest BCUT2D eigenvalue weighted by Gasteiger charge is -2.67. The Morgan fingerprint density at radius 1 is 1.12 bits per heavy atom. The van der Waals surface area contributed by atoms with E-state index in [0.717, 1.165) is 0 Å². The van der Waals surface area contributed by atoms with Crippen molar-refractivity contribution in [1.29, 1.82) is 0 Å². The number of esters is 2. The lowest BCUT2D eigenvalue weighted by Crippen LogP contribution is -2.81. The van der Waals surface area contributed by atoms with Gasteiger partial charge in [-0.2, -0.15) is 0 Å². The highest BCUT2D eigenvalue weighted by Crippen LogP contribution is 2.64. The number of nitrogens with zero attached hydrogens (tertiary/aromatic N) is 1. The molecule has 11 nitrogen and oxygen atoms in total. The van der Waals surface area contributed by atoms with Crippen LogP contribution >= 0.6 is 0 Å². The van der Waals surface area contributed by atoms with Crippen LogP contribution in [0.5, 0.6) is 0 Å². The third-order valence-corrected chi connectivity index (χ3v) is 10.3. The van der Waals surface area contributed by atoms with Crippen LogP contribution < -0.4 is 0 Å². The molecule has 0 amide bonds. The van der Waals surface area contributed by atoms with Crippen molar-refractivity contribution in [3.05, 3.63) is 47.0 Å². The Bertz CT molecular complexity index is 1380. The van der Waals surface area contributed by atoms with E-state index < -0.39 is 76.2 Å². The quantitative estimate of drug-likeness (QED) is 0.149. The maximum Gasteiger partial charge on any atom is 0.338 e. The minimum Gasteiger partial charge on any atom is -0.455 e. The van der Waals surface area contributed by atoms with E-state index in [1.54, 1.807) is 76.7 Å². The third kappa shape index (κ3) is 4.46. The van der Waals surface area contributed by atoms with Crippen molar-refractivity contribution in [3.8, 4) is 0 Å². The van der Waals surface area contributed by atoms with Crippen molar-refractivity contribution >= 4 is 24.1 Å². The first-order valence-corrected chi connectivity index (χ1v) is 14.6. The van der Waals surface area contributed by atoms with Crippen LogP contribution in [0, 0.1) is 16.7 Å². The maximum atomic E-state index is 15.0. The molecular weight excluding hydrogens is 558 g/mol. The van der Waals surface area contributed by atoms with E-state index in [4.69, 9.17) is 18.9 Å². The molecule has 2 bridgehead atoms. The Labute approximate surface area is 251 Å². The van der Waals surface area contributed by atoms with Crippen molar-refractivity contribution in [2.45, 2.75) is 89.2 Å². The van der Waals surface area contributed by atoms with Crippen LogP contribution in [0.25, 0.3) is 0 Å². The molecule has 1 aliphatic heterocycles. The predicted molar refractivity (Wildman–Crippen MR) is 152 cm³/mol. The summed E-state index contributed by atoms with van der Waals surface area (Å²) in [5, 5.41) is 36.1. The van der Waals surface area contributed by atoms with Gasteiger partial charge in [-0.25, -0.2) is 9.37 Å². The smallest absolute Gasteiger partial charge is 0.338 e. The van der Waals surface area contributed by atoms with E-state index in [-0.39, 0.29) is 25.0 Å². The van der Waals surface area contributed by atoms with Crippen LogP contribution in [0.3, 0.4) is 0 Å². The zero-order valence-electron chi connectivity index (χ0n) is 25.7. The summed E-state index contributed by atoms with van der Waals surface area (Å²) in [4.78, 5) is 41.4. The summed E-state index contributed by atoms with van der Waals surface area (Å²) in [6.45, 7) is 7.75. The van der Waals surface area contributed by atoms with Crippen molar-refractivity contribution < 1.29 is 53.2 Å². The molecule has 1 heterocycles. The Morgan fingerprint density at radius 3 is 2.33 bits per heavy atom. The lowest BCUT2D eigenvalue weighted by atomic mass is 9.44. The second-order valence-electron chi connectivity index (χ2n) is 13.4. The molecule has 3 fully saturated rings. The molecule has 2 saturated carbocycles.